The number of halogens is 2. The lowest BCUT2D eigenvalue weighted by Crippen LogP contribution is -2.49. The maximum absolute atomic E-state index is 14.4. The molecule has 1 aliphatic heterocycles. The molecule has 7 heteroatoms. The summed E-state index contributed by atoms with van der Waals surface area (Å²) >= 11 is 6.16. The summed E-state index contributed by atoms with van der Waals surface area (Å²) in [6.45, 7) is 4.11. The summed E-state index contributed by atoms with van der Waals surface area (Å²) in [7, 11) is 0. The number of esters is 1. The third kappa shape index (κ3) is 3.49. The van der Waals surface area contributed by atoms with E-state index in [0.29, 0.717) is 18.2 Å². The molecule has 1 atom stereocenters. The highest BCUT2D eigenvalue weighted by Gasteiger charge is 2.40. The number of hydrogen-bond acceptors (Lipinski definition) is 3. The highest BCUT2D eigenvalue weighted by Crippen LogP contribution is 2.38. The van der Waals surface area contributed by atoms with Crippen molar-refractivity contribution in [1.29, 1.82) is 0 Å². The maximum atomic E-state index is 14.4. The first kappa shape index (κ1) is 17.7. The molecule has 2 amide bonds. The number of benzene rings is 1. The molecule has 25 heavy (non-hydrogen) atoms. The molecule has 134 valence electrons. The van der Waals surface area contributed by atoms with Gasteiger partial charge in [0.25, 0.3) is 0 Å². The second-order valence-corrected chi connectivity index (χ2v) is 6.70. The standard InChI is InChI=1S/C18H20ClFN2O3/c1-3-25-17(23)14-10(2)22(9-11-7-8-11)18(24)21-16(14)15-12(19)5-4-6-13(15)20/h4-6,11,16H,3,7-9H2,1-2H3,(H,21,24). The Morgan fingerprint density at radius 2 is 2.16 bits per heavy atom. The molecule has 1 aliphatic carbocycles. The summed E-state index contributed by atoms with van der Waals surface area (Å²) in [6, 6.07) is 2.92. The molecule has 2 aliphatic rings. The highest BCUT2D eigenvalue weighted by molar-refractivity contribution is 6.31. The highest BCUT2D eigenvalue weighted by atomic mass is 35.5. The topological polar surface area (TPSA) is 58.6 Å². The maximum Gasteiger partial charge on any atom is 0.338 e. The Bertz CT molecular complexity index is 726. The fourth-order valence-electron chi connectivity index (χ4n) is 3.04. The van der Waals surface area contributed by atoms with Gasteiger partial charge < -0.3 is 10.1 Å². The van der Waals surface area contributed by atoms with Gasteiger partial charge in [-0.25, -0.2) is 14.0 Å². The van der Waals surface area contributed by atoms with Crippen LogP contribution in [0.5, 0.6) is 0 Å². The Morgan fingerprint density at radius 3 is 2.76 bits per heavy atom. The van der Waals surface area contributed by atoms with Crippen LogP contribution in [0.25, 0.3) is 0 Å². The predicted octanol–water partition coefficient (Wildman–Crippen LogP) is 3.79. The third-order valence-electron chi connectivity index (χ3n) is 4.52. The van der Waals surface area contributed by atoms with E-state index in [1.54, 1.807) is 13.8 Å². The number of hydrogen-bond donors (Lipinski definition) is 1. The van der Waals surface area contributed by atoms with Crippen molar-refractivity contribution in [3.63, 3.8) is 0 Å². The van der Waals surface area contributed by atoms with E-state index in [2.05, 4.69) is 5.32 Å². The second kappa shape index (κ2) is 7.04. The van der Waals surface area contributed by atoms with Crippen LogP contribution in [0.3, 0.4) is 0 Å². The van der Waals surface area contributed by atoms with E-state index in [4.69, 9.17) is 16.3 Å². The third-order valence-corrected chi connectivity index (χ3v) is 4.85. The number of allylic oxidation sites excluding steroid dienone is 1. The van der Waals surface area contributed by atoms with Crippen molar-refractivity contribution in [3.05, 3.63) is 45.9 Å². The minimum absolute atomic E-state index is 0.0750. The van der Waals surface area contributed by atoms with Crippen molar-refractivity contribution in [2.75, 3.05) is 13.2 Å². The molecule has 1 aromatic carbocycles. The number of carbonyl (C=O) groups excluding carboxylic acids is 2. The van der Waals surface area contributed by atoms with Gasteiger partial charge in [-0.15, -0.1) is 0 Å². The van der Waals surface area contributed by atoms with Crippen molar-refractivity contribution >= 4 is 23.6 Å². The van der Waals surface area contributed by atoms with E-state index in [0.717, 1.165) is 12.8 Å². The van der Waals surface area contributed by atoms with Gasteiger partial charge in [0, 0.05) is 22.8 Å². The number of nitrogens with one attached hydrogen (secondary N) is 1. The summed E-state index contributed by atoms with van der Waals surface area (Å²) < 4.78 is 19.6. The van der Waals surface area contributed by atoms with Gasteiger partial charge in [0.15, 0.2) is 0 Å². The fraction of sp³-hybridized carbons (Fsp3) is 0.444. The van der Waals surface area contributed by atoms with Gasteiger partial charge in [-0.05, 0) is 44.7 Å². The molecule has 1 N–H and O–H groups in total. The molecular weight excluding hydrogens is 347 g/mol. The van der Waals surface area contributed by atoms with Gasteiger partial charge in [0.05, 0.1) is 18.2 Å². The fourth-order valence-corrected chi connectivity index (χ4v) is 3.31. The van der Waals surface area contributed by atoms with Crippen LogP contribution in [0.15, 0.2) is 29.5 Å². The first-order valence-electron chi connectivity index (χ1n) is 8.33. The molecule has 0 saturated heterocycles. The van der Waals surface area contributed by atoms with Crippen molar-refractivity contribution < 1.29 is 18.7 Å². The molecule has 1 saturated carbocycles. The number of rotatable bonds is 5. The molecule has 1 aromatic rings. The van der Waals surface area contributed by atoms with Crippen LogP contribution < -0.4 is 5.32 Å². The predicted molar refractivity (Wildman–Crippen MR) is 91.4 cm³/mol. The molecule has 0 aromatic heterocycles. The Hall–Kier alpha value is -2.08. The molecule has 3 rings (SSSR count). The lowest BCUT2D eigenvalue weighted by Gasteiger charge is -2.35. The van der Waals surface area contributed by atoms with Crippen LogP contribution >= 0.6 is 11.6 Å². The summed E-state index contributed by atoms with van der Waals surface area (Å²) in [5.41, 5.74) is 0.776. The Morgan fingerprint density at radius 1 is 1.44 bits per heavy atom. The Kier molecular flexibility index (Phi) is 4.99. The van der Waals surface area contributed by atoms with Crippen molar-refractivity contribution in [2.24, 2.45) is 5.92 Å². The quantitative estimate of drug-likeness (QED) is 0.806. The summed E-state index contributed by atoms with van der Waals surface area (Å²) in [6.07, 6.45) is 2.13. The van der Waals surface area contributed by atoms with Crippen molar-refractivity contribution in [2.45, 2.75) is 32.7 Å². The van der Waals surface area contributed by atoms with Crippen LogP contribution in [-0.2, 0) is 9.53 Å². The van der Waals surface area contributed by atoms with Gasteiger partial charge >= 0.3 is 12.0 Å². The summed E-state index contributed by atoms with van der Waals surface area (Å²) in [4.78, 5) is 26.6. The van der Waals surface area contributed by atoms with Gasteiger partial charge in [0.2, 0.25) is 0 Å². The van der Waals surface area contributed by atoms with E-state index in [1.807, 2.05) is 0 Å². The Balaban J connectivity index is 2.08. The molecule has 5 nitrogen and oxygen atoms in total. The molecule has 1 unspecified atom stereocenters. The zero-order valence-electron chi connectivity index (χ0n) is 14.1. The van der Waals surface area contributed by atoms with Gasteiger partial charge in [-0.2, -0.15) is 0 Å². The van der Waals surface area contributed by atoms with Crippen LogP contribution in [0.1, 0.15) is 38.3 Å². The average Bonchev–Trinajstić information content (AvgIpc) is 3.35. The molecule has 0 spiro atoms. The van der Waals surface area contributed by atoms with Gasteiger partial charge in [-0.3, -0.25) is 4.90 Å². The van der Waals surface area contributed by atoms with E-state index >= 15 is 0 Å². The molecule has 0 radical (unpaired) electrons. The first-order valence-corrected chi connectivity index (χ1v) is 8.71. The van der Waals surface area contributed by atoms with E-state index in [1.165, 1.54) is 23.1 Å². The first-order chi connectivity index (χ1) is 11.9. The second-order valence-electron chi connectivity index (χ2n) is 6.29. The summed E-state index contributed by atoms with van der Waals surface area (Å²) in [5.74, 6) is -0.717. The van der Waals surface area contributed by atoms with E-state index in [-0.39, 0.29) is 28.8 Å². The van der Waals surface area contributed by atoms with E-state index < -0.39 is 17.8 Å². The average molecular weight is 367 g/mol. The van der Waals surface area contributed by atoms with E-state index in [9.17, 15) is 14.0 Å². The van der Waals surface area contributed by atoms with Crippen LogP contribution in [0, 0.1) is 11.7 Å². The van der Waals surface area contributed by atoms with Gasteiger partial charge in [0.1, 0.15) is 5.82 Å². The smallest absolute Gasteiger partial charge is 0.338 e. The molecule has 0 bridgehead atoms. The number of ether oxygens (including phenoxy) is 1. The number of amides is 2. The molecule has 1 fully saturated rings. The zero-order chi connectivity index (χ0) is 18.1. The SMILES string of the molecule is CCOC(=O)C1=C(C)N(CC2CC2)C(=O)NC1c1c(F)cccc1Cl. The van der Waals surface area contributed by atoms with Gasteiger partial charge in [-0.1, -0.05) is 17.7 Å². The zero-order valence-corrected chi connectivity index (χ0v) is 14.9. The normalized spacial score (nSPS) is 20.6. The molecular formula is C18H20ClFN2O3. The number of urea groups is 1. The number of carbonyl (C=O) groups is 2. The lowest BCUT2D eigenvalue weighted by atomic mass is 9.94. The lowest BCUT2D eigenvalue weighted by molar-refractivity contribution is -0.139. The minimum atomic E-state index is -0.976. The van der Waals surface area contributed by atoms with Crippen molar-refractivity contribution in [3.8, 4) is 0 Å². The van der Waals surface area contributed by atoms with Crippen LogP contribution in [0.4, 0.5) is 9.18 Å². The Labute approximate surface area is 150 Å². The monoisotopic (exact) mass is 366 g/mol. The van der Waals surface area contributed by atoms with Crippen molar-refractivity contribution in [1.82, 2.24) is 10.2 Å². The minimum Gasteiger partial charge on any atom is -0.463 e. The van der Waals surface area contributed by atoms with Crippen LogP contribution in [0.2, 0.25) is 5.02 Å². The molecule has 1 heterocycles. The summed E-state index contributed by atoms with van der Waals surface area (Å²) in [5, 5.41) is 2.87. The number of nitrogens with zero attached hydrogens (tertiary/aromatic N) is 1. The van der Waals surface area contributed by atoms with Crippen LogP contribution in [-0.4, -0.2) is 30.1 Å². The largest absolute Gasteiger partial charge is 0.463 e.